The normalized spacial score (nSPS) is 14.4. The number of carboxylic acids is 1. The minimum atomic E-state index is -1.23. The van der Waals surface area contributed by atoms with Crippen LogP contribution in [0.4, 0.5) is 11.4 Å². The molecule has 244 valence electrons. The summed E-state index contributed by atoms with van der Waals surface area (Å²) in [7, 11) is 1.52. The molecule has 0 heterocycles. The Hall–Kier alpha value is -4.28. The molecule has 0 unspecified atom stereocenters. The number of nitrogens with zero attached hydrogens (tertiary/aromatic N) is 2. The molecule has 1 aliphatic carbocycles. The van der Waals surface area contributed by atoms with E-state index < -0.39 is 17.9 Å². The Morgan fingerprint density at radius 3 is 2.24 bits per heavy atom. The van der Waals surface area contributed by atoms with E-state index in [1.807, 2.05) is 18.7 Å². The van der Waals surface area contributed by atoms with Gasteiger partial charge in [-0.1, -0.05) is 60.7 Å². The van der Waals surface area contributed by atoms with E-state index in [1.165, 1.54) is 13.5 Å². The third-order valence-corrected chi connectivity index (χ3v) is 8.52. The Labute approximate surface area is 278 Å². The van der Waals surface area contributed by atoms with E-state index in [0.29, 0.717) is 28.3 Å². The summed E-state index contributed by atoms with van der Waals surface area (Å²) in [5.74, 6) is -1.46. The van der Waals surface area contributed by atoms with Crippen LogP contribution in [0, 0.1) is 0 Å². The number of hydrogen-bond acceptors (Lipinski definition) is 5. The van der Waals surface area contributed by atoms with Gasteiger partial charge >= 0.3 is 5.97 Å². The first-order valence-corrected chi connectivity index (χ1v) is 15.9. The van der Waals surface area contributed by atoms with Crippen molar-refractivity contribution in [2.24, 2.45) is 10.7 Å². The number of methoxy groups -OCH3 is 1. The molecule has 10 nitrogen and oxygen atoms in total. The summed E-state index contributed by atoms with van der Waals surface area (Å²) in [4.78, 5) is 45.0. The van der Waals surface area contributed by atoms with Gasteiger partial charge in [0.25, 0.3) is 11.8 Å². The van der Waals surface area contributed by atoms with Gasteiger partial charge in [0.05, 0.1) is 34.0 Å². The van der Waals surface area contributed by atoms with Crippen LogP contribution < -0.4 is 21.1 Å². The average molecular weight is 669 g/mol. The molecule has 12 heteroatoms. The third kappa shape index (κ3) is 8.70. The monoisotopic (exact) mass is 667 g/mol. The highest BCUT2D eigenvalue weighted by Crippen LogP contribution is 2.30. The standard InChI is InChI=1S/C34H39Cl2N5O5/c1-20(2)41(23-8-5-4-6-9-23)32(43)25-17-16-24(46-3)19-28(25)39-34(37)40-29(33(44)45)18-21-12-14-22(15-13-21)38-31(42)30-26(35)10-7-11-27(30)36/h7,10-17,19-20,23,29H,4-6,8-9,18H2,1-3H3,(H,38,42)(H,44,45)(H3,37,39,40)/t29-/m0/s1. The number of aliphatic carboxylic acids is 1. The Kier molecular flexibility index (Phi) is 11.9. The van der Waals surface area contributed by atoms with Crippen LogP contribution in [0.3, 0.4) is 0 Å². The van der Waals surface area contributed by atoms with Gasteiger partial charge in [-0.25, -0.2) is 9.79 Å². The predicted molar refractivity (Wildman–Crippen MR) is 182 cm³/mol. The second-order valence-corrected chi connectivity index (χ2v) is 12.3. The molecule has 0 saturated heterocycles. The molecule has 3 aromatic rings. The minimum absolute atomic E-state index is 0.0124. The quantitative estimate of drug-likeness (QED) is 0.129. The number of nitrogens with two attached hydrogens (primary N) is 1. The van der Waals surface area contributed by atoms with Gasteiger partial charge in [0.2, 0.25) is 0 Å². The number of halogens is 2. The topological polar surface area (TPSA) is 146 Å². The smallest absolute Gasteiger partial charge is 0.328 e. The Bertz CT molecular complexity index is 1570. The maximum Gasteiger partial charge on any atom is 0.328 e. The predicted octanol–water partition coefficient (Wildman–Crippen LogP) is 6.86. The lowest BCUT2D eigenvalue weighted by atomic mass is 9.92. The summed E-state index contributed by atoms with van der Waals surface area (Å²) in [5, 5.41) is 16.1. The van der Waals surface area contributed by atoms with Gasteiger partial charge in [0.15, 0.2) is 12.0 Å². The van der Waals surface area contributed by atoms with Gasteiger partial charge in [-0.05, 0) is 68.7 Å². The number of benzene rings is 3. The number of rotatable bonds is 11. The van der Waals surface area contributed by atoms with E-state index in [2.05, 4.69) is 15.6 Å². The van der Waals surface area contributed by atoms with E-state index in [-0.39, 0.29) is 46.0 Å². The van der Waals surface area contributed by atoms with Crippen LogP contribution in [0.1, 0.15) is 72.2 Å². The number of amides is 2. The molecule has 1 atom stereocenters. The van der Waals surface area contributed by atoms with Crippen LogP contribution in [0.25, 0.3) is 0 Å². The summed E-state index contributed by atoms with van der Waals surface area (Å²) in [6.45, 7) is 4.01. The van der Waals surface area contributed by atoms with Gasteiger partial charge in [0, 0.05) is 30.3 Å². The maximum absolute atomic E-state index is 13.9. The summed E-state index contributed by atoms with van der Waals surface area (Å²) >= 11 is 12.3. The lowest BCUT2D eigenvalue weighted by Crippen LogP contribution is -2.46. The fourth-order valence-electron chi connectivity index (χ4n) is 5.64. The van der Waals surface area contributed by atoms with Crippen LogP contribution in [0.15, 0.2) is 65.7 Å². The molecule has 46 heavy (non-hydrogen) atoms. The molecule has 0 aliphatic heterocycles. The molecule has 0 aromatic heterocycles. The van der Waals surface area contributed by atoms with Crippen molar-refractivity contribution in [2.45, 2.75) is 70.5 Å². The number of carbonyl (C=O) groups is 3. The molecular weight excluding hydrogens is 629 g/mol. The number of aliphatic imine (C=N–C) groups is 1. The number of guanidine groups is 1. The fourth-order valence-corrected chi connectivity index (χ4v) is 6.21. The Balaban J connectivity index is 1.50. The van der Waals surface area contributed by atoms with Crippen LogP contribution >= 0.6 is 23.2 Å². The number of carbonyl (C=O) groups excluding carboxylic acids is 2. The second kappa shape index (κ2) is 15.8. The maximum atomic E-state index is 13.9. The van der Waals surface area contributed by atoms with E-state index in [9.17, 15) is 19.5 Å². The molecule has 2 amide bonds. The zero-order chi connectivity index (χ0) is 33.4. The first kappa shape index (κ1) is 34.6. The zero-order valence-corrected chi connectivity index (χ0v) is 27.6. The fraction of sp³-hybridized carbons (Fsp3) is 0.353. The SMILES string of the molecule is COc1ccc(C(=O)N(C(C)C)C2CCCCC2)c(NC(N)=N[C@@H](Cc2ccc(NC(=O)c3c(Cl)cccc3Cl)cc2)C(=O)O)c1. The molecule has 1 fully saturated rings. The number of hydrogen-bond donors (Lipinski definition) is 4. The molecule has 1 saturated carbocycles. The highest BCUT2D eigenvalue weighted by molar-refractivity contribution is 6.40. The molecule has 1 aliphatic rings. The molecule has 5 N–H and O–H groups in total. The first-order chi connectivity index (χ1) is 22.0. The van der Waals surface area contributed by atoms with Crippen LogP contribution in [0.2, 0.25) is 10.0 Å². The zero-order valence-electron chi connectivity index (χ0n) is 26.1. The average Bonchev–Trinajstić information content (AvgIpc) is 3.01. The van der Waals surface area contributed by atoms with Crippen molar-refractivity contribution in [3.05, 3.63) is 87.4 Å². The third-order valence-electron chi connectivity index (χ3n) is 7.89. The number of ether oxygens (including phenoxy) is 1. The molecular formula is C34H39Cl2N5O5. The van der Waals surface area contributed by atoms with Crippen molar-refractivity contribution >= 4 is 58.3 Å². The number of nitrogens with one attached hydrogen (secondary N) is 2. The molecule has 0 spiro atoms. The summed E-state index contributed by atoms with van der Waals surface area (Å²) in [6, 6.07) is 15.4. The Morgan fingerprint density at radius 1 is 1.00 bits per heavy atom. The first-order valence-electron chi connectivity index (χ1n) is 15.2. The second-order valence-electron chi connectivity index (χ2n) is 11.5. The van der Waals surface area contributed by atoms with Crippen molar-refractivity contribution in [3.63, 3.8) is 0 Å². The van der Waals surface area contributed by atoms with Gasteiger partial charge in [-0.2, -0.15) is 0 Å². The van der Waals surface area contributed by atoms with E-state index in [1.54, 1.807) is 60.7 Å². The van der Waals surface area contributed by atoms with Crippen molar-refractivity contribution in [1.29, 1.82) is 0 Å². The lowest BCUT2D eigenvalue weighted by Gasteiger charge is -2.37. The van der Waals surface area contributed by atoms with E-state index in [0.717, 1.165) is 25.7 Å². The van der Waals surface area contributed by atoms with Gasteiger partial charge in [-0.3, -0.25) is 9.59 Å². The number of carboxylic acid groups (broad SMARTS) is 1. The van der Waals surface area contributed by atoms with Gasteiger partial charge in [-0.15, -0.1) is 0 Å². The summed E-state index contributed by atoms with van der Waals surface area (Å²) in [6.07, 6.45) is 5.27. The van der Waals surface area contributed by atoms with Crippen LogP contribution in [0.5, 0.6) is 5.75 Å². The van der Waals surface area contributed by atoms with Crippen molar-refractivity contribution in [1.82, 2.24) is 4.90 Å². The Morgan fingerprint density at radius 2 is 1.65 bits per heavy atom. The lowest BCUT2D eigenvalue weighted by molar-refractivity contribution is -0.138. The highest BCUT2D eigenvalue weighted by Gasteiger charge is 2.30. The molecule has 0 bridgehead atoms. The van der Waals surface area contributed by atoms with Gasteiger partial charge in [0.1, 0.15) is 5.75 Å². The van der Waals surface area contributed by atoms with E-state index >= 15 is 0 Å². The van der Waals surface area contributed by atoms with Crippen LogP contribution in [-0.4, -0.2) is 59.0 Å². The minimum Gasteiger partial charge on any atom is -0.497 e. The van der Waals surface area contributed by atoms with E-state index in [4.69, 9.17) is 33.7 Å². The van der Waals surface area contributed by atoms with Crippen molar-refractivity contribution < 1.29 is 24.2 Å². The number of anilines is 2. The van der Waals surface area contributed by atoms with Gasteiger partial charge < -0.3 is 31.1 Å². The van der Waals surface area contributed by atoms with Crippen LogP contribution in [-0.2, 0) is 11.2 Å². The summed E-state index contributed by atoms with van der Waals surface area (Å²) in [5.41, 5.74) is 8.27. The van der Waals surface area contributed by atoms with Crippen molar-refractivity contribution in [2.75, 3.05) is 17.7 Å². The molecule has 3 aromatic carbocycles. The summed E-state index contributed by atoms with van der Waals surface area (Å²) < 4.78 is 5.39. The highest BCUT2D eigenvalue weighted by atomic mass is 35.5. The largest absolute Gasteiger partial charge is 0.497 e. The van der Waals surface area contributed by atoms with Crippen molar-refractivity contribution in [3.8, 4) is 5.75 Å². The molecule has 0 radical (unpaired) electrons. The molecule has 4 rings (SSSR count).